The molecule has 0 spiro atoms. The Balaban J connectivity index is 1.68. The fourth-order valence-electron chi connectivity index (χ4n) is 1.83. The van der Waals surface area contributed by atoms with Crippen LogP contribution in [0.3, 0.4) is 0 Å². The fraction of sp³-hybridized carbons (Fsp3) is 0.417. The molecule has 0 unspecified atom stereocenters. The quantitative estimate of drug-likeness (QED) is 0.849. The van der Waals surface area contributed by atoms with Gasteiger partial charge in [-0.2, -0.15) is 4.68 Å². The van der Waals surface area contributed by atoms with Gasteiger partial charge >= 0.3 is 0 Å². The van der Waals surface area contributed by atoms with Gasteiger partial charge in [0.2, 0.25) is 5.16 Å². The molecule has 1 aliphatic rings. The molecule has 0 amide bonds. The molecule has 1 aliphatic heterocycles. The van der Waals surface area contributed by atoms with Crippen molar-refractivity contribution in [3.63, 3.8) is 0 Å². The van der Waals surface area contributed by atoms with E-state index in [4.69, 9.17) is 9.47 Å². The van der Waals surface area contributed by atoms with Crippen molar-refractivity contribution in [3.8, 4) is 11.4 Å². The Bertz CT molecular complexity index is 554. The molecule has 1 saturated heterocycles. The lowest BCUT2D eigenvalue weighted by molar-refractivity contribution is -0.130. The van der Waals surface area contributed by atoms with Crippen LogP contribution in [-0.4, -0.2) is 50.6 Å². The Morgan fingerprint density at radius 1 is 1.35 bits per heavy atom. The summed E-state index contributed by atoms with van der Waals surface area (Å²) < 4.78 is 12.3. The van der Waals surface area contributed by atoms with E-state index in [-0.39, 0.29) is 11.9 Å². The summed E-state index contributed by atoms with van der Waals surface area (Å²) in [6.45, 7) is 1.09. The van der Waals surface area contributed by atoms with E-state index in [9.17, 15) is 5.11 Å². The second kappa shape index (κ2) is 6.21. The minimum absolute atomic E-state index is 0.165. The fourth-order valence-corrected chi connectivity index (χ4v) is 2.78. The lowest BCUT2D eigenvalue weighted by Gasteiger charge is -2.21. The highest BCUT2D eigenvalue weighted by molar-refractivity contribution is 7.99. The third-order valence-corrected chi connectivity index (χ3v) is 3.96. The van der Waals surface area contributed by atoms with Crippen molar-refractivity contribution in [2.45, 2.75) is 17.7 Å². The summed E-state index contributed by atoms with van der Waals surface area (Å²) in [6.07, 6.45) is 1.05. The van der Waals surface area contributed by atoms with Gasteiger partial charge in [-0.25, -0.2) is 0 Å². The molecule has 3 rings (SSSR count). The summed E-state index contributed by atoms with van der Waals surface area (Å²) in [5, 5.41) is 21.7. The van der Waals surface area contributed by atoms with Crippen LogP contribution >= 0.6 is 11.8 Å². The summed E-state index contributed by atoms with van der Waals surface area (Å²) >= 11 is 1.54. The number of nitrogens with zero attached hydrogens (tertiary/aromatic N) is 4. The van der Waals surface area contributed by atoms with Crippen LogP contribution in [0.5, 0.6) is 5.75 Å². The smallest absolute Gasteiger partial charge is 0.214 e. The molecule has 0 bridgehead atoms. The Morgan fingerprint density at radius 2 is 2.20 bits per heavy atom. The van der Waals surface area contributed by atoms with E-state index in [0.29, 0.717) is 11.9 Å². The number of phenolic OH excluding ortho intramolecular Hbond substituents is 1. The molecule has 1 N–H and O–H groups in total. The van der Waals surface area contributed by atoms with Gasteiger partial charge in [0.15, 0.2) is 0 Å². The molecule has 2 aromatic rings. The van der Waals surface area contributed by atoms with Crippen molar-refractivity contribution in [2.75, 3.05) is 19.2 Å². The lowest BCUT2D eigenvalue weighted by atomic mass is 10.3. The van der Waals surface area contributed by atoms with Crippen LogP contribution in [0, 0.1) is 0 Å². The predicted octanol–water partition coefficient (Wildman–Crippen LogP) is 1.22. The van der Waals surface area contributed by atoms with Crippen molar-refractivity contribution in [2.24, 2.45) is 0 Å². The van der Waals surface area contributed by atoms with Gasteiger partial charge in [-0.1, -0.05) is 11.8 Å². The maximum absolute atomic E-state index is 9.30. The van der Waals surface area contributed by atoms with Gasteiger partial charge in [-0.15, -0.1) is 5.10 Å². The minimum Gasteiger partial charge on any atom is -0.508 e. The first-order valence-corrected chi connectivity index (χ1v) is 7.21. The molecule has 0 radical (unpaired) electrons. The molecule has 0 saturated carbocycles. The number of phenols is 1. The summed E-state index contributed by atoms with van der Waals surface area (Å²) in [7, 11) is 0. The van der Waals surface area contributed by atoms with Crippen molar-refractivity contribution in [3.05, 3.63) is 24.3 Å². The normalized spacial score (nSPS) is 19.1. The van der Waals surface area contributed by atoms with Crippen LogP contribution in [0.2, 0.25) is 0 Å². The summed E-state index contributed by atoms with van der Waals surface area (Å²) in [5.41, 5.74) is 0.809. The van der Waals surface area contributed by atoms with E-state index < -0.39 is 0 Å². The highest BCUT2D eigenvalue weighted by atomic mass is 32.2. The van der Waals surface area contributed by atoms with Crippen molar-refractivity contribution < 1.29 is 14.6 Å². The number of hydrogen-bond acceptors (Lipinski definition) is 7. The molecule has 7 nitrogen and oxygen atoms in total. The minimum atomic E-state index is 0.165. The van der Waals surface area contributed by atoms with Gasteiger partial charge in [0.05, 0.1) is 18.4 Å². The lowest BCUT2D eigenvalue weighted by Crippen LogP contribution is -2.25. The average Bonchev–Trinajstić information content (AvgIpc) is 2.95. The predicted molar refractivity (Wildman–Crippen MR) is 71.9 cm³/mol. The third-order valence-electron chi connectivity index (χ3n) is 2.90. The standard InChI is InChI=1S/C12H14N4O3S/c17-10-3-1-9(2-4-10)16-12(13-14-15-16)20-7-11-5-6-18-8-19-11/h1-4,11,17H,5-8H2/t11-/m0/s1. The zero-order chi connectivity index (χ0) is 13.8. The van der Waals surface area contributed by atoms with Gasteiger partial charge in [0.25, 0.3) is 0 Å². The first kappa shape index (κ1) is 13.3. The van der Waals surface area contributed by atoms with Gasteiger partial charge in [-0.3, -0.25) is 0 Å². The molecule has 0 aliphatic carbocycles. The maximum Gasteiger partial charge on any atom is 0.214 e. The number of aromatic nitrogens is 4. The number of hydrogen-bond donors (Lipinski definition) is 1. The van der Waals surface area contributed by atoms with Crippen molar-refractivity contribution in [1.82, 2.24) is 20.2 Å². The van der Waals surface area contributed by atoms with Crippen LogP contribution in [0.15, 0.2) is 29.4 Å². The van der Waals surface area contributed by atoms with Gasteiger partial charge < -0.3 is 14.6 Å². The SMILES string of the molecule is Oc1ccc(-n2nnnc2SC[C@@H]2CCOCO2)cc1. The molecule has 1 atom stereocenters. The molecule has 1 aromatic carbocycles. The number of thioether (sulfide) groups is 1. The first-order chi connectivity index (χ1) is 9.83. The molecule has 8 heteroatoms. The van der Waals surface area contributed by atoms with E-state index in [0.717, 1.165) is 24.5 Å². The molecule has 106 valence electrons. The zero-order valence-corrected chi connectivity index (χ0v) is 11.5. The topological polar surface area (TPSA) is 82.3 Å². The zero-order valence-electron chi connectivity index (χ0n) is 10.7. The number of ether oxygens (including phenoxy) is 2. The summed E-state index contributed by atoms with van der Waals surface area (Å²) in [6, 6.07) is 6.74. The molecule has 1 fully saturated rings. The van der Waals surface area contributed by atoms with Crippen LogP contribution in [0.25, 0.3) is 5.69 Å². The van der Waals surface area contributed by atoms with E-state index in [2.05, 4.69) is 15.5 Å². The Hall–Kier alpha value is -1.64. The number of rotatable bonds is 4. The average molecular weight is 294 g/mol. The summed E-state index contributed by atoms with van der Waals surface area (Å²) in [5.74, 6) is 0.994. The molecule has 1 aromatic heterocycles. The third kappa shape index (κ3) is 3.09. The number of benzene rings is 1. The second-order valence-corrected chi connectivity index (χ2v) is 5.29. The Labute approximate surface area is 119 Å². The van der Waals surface area contributed by atoms with Crippen LogP contribution in [-0.2, 0) is 9.47 Å². The van der Waals surface area contributed by atoms with Gasteiger partial charge in [-0.05, 0) is 41.1 Å². The largest absolute Gasteiger partial charge is 0.508 e. The highest BCUT2D eigenvalue weighted by Crippen LogP contribution is 2.22. The van der Waals surface area contributed by atoms with Crippen molar-refractivity contribution >= 4 is 11.8 Å². The maximum atomic E-state index is 9.30. The Morgan fingerprint density at radius 3 is 2.95 bits per heavy atom. The first-order valence-electron chi connectivity index (χ1n) is 6.23. The van der Waals surface area contributed by atoms with E-state index in [1.165, 1.54) is 0 Å². The van der Waals surface area contributed by atoms with Crippen LogP contribution in [0.1, 0.15) is 6.42 Å². The second-order valence-electron chi connectivity index (χ2n) is 4.30. The van der Waals surface area contributed by atoms with Gasteiger partial charge in [0, 0.05) is 5.75 Å². The number of aromatic hydroxyl groups is 1. The van der Waals surface area contributed by atoms with E-state index in [1.807, 2.05) is 0 Å². The molecular weight excluding hydrogens is 280 g/mol. The van der Waals surface area contributed by atoms with Crippen LogP contribution in [0.4, 0.5) is 0 Å². The molecular formula is C12H14N4O3S. The monoisotopic (exact) mass is 294 g/mol. The highest BCUT2D eigenvalue weighted by Gasteiger charge is 2.17. The summed E-state index contributed by atoms with van der Waals surface area (Å²) in [4.78, 5) is 0. The van der Waals surface area contributed by atoms with Crippen LogP contribution < -0.4 is 0 Å². The Kier molecular flexibility index (Phi) is 4.14. The molecule has 2 heterocycles. The molecule has 20 heavy (non-hydrogen) atoms. The van der Waals surface area contributed by atoms with Crippen molar-refractivity contribution in [1.29, 1.82) is 0 Å². The number of tetrazole rings is 1. The van der Waals surface area contributed by atoms with E-state index in [1.54, 1.807) is 40.7 Å². The van der Waals surface area contributed by atoms with E-state index >= 15 is 0 Å². The van der Waals surface area contributed by atoms with Gasteiger partial charge in [0.1, 0.15) is 12.5 Å².